The molecule has 0 fully saturated rings. The van der Waals surface area contributed by atoms with Crippen LogP contribution in [0.1, 0.15) is 42.0 Å². The monoisotopic (exact) mass is 508 g/mol. The molecule has 1 aliphatic rings. The van der Waals surface area contributed by atoms with E-state index in [0.29, 0.717) is 22.5 Å². The molecule has 1 aliphatic heterocycles. The van der Waals surface area contributed by atoms with E-state index in [1.807, 2.05) is 41.1 Å². The molecule has 0 aliphatic carbocycles. The Balaban J connectivity index is 1.50. The average Bonchev–Trinajstić information content (AvgIpc) is 3.44. The summed E-state index contributed by atoms with van der Waals surface area (Å²) in [5, 5.41) is 9.39. The smallest absolute Gasteiger partial charge is 0.336 e. The Morgan fingerprint density at radius 3 is 2.63 bits per heavy atom. The van der Waals surface area contributed by atoms with Gasteiger partial charge in [0.15, 0.2) is 0 Å². The lowest BCUT2D eigenvalue weighted by molar-refractivity contribution is -0.143. The summed E-state index contributed by atoms with van der Waals surface area (Å²) in [6.45, 7) is 4.24. The topological polar surface area (TPSA) is 107 Å². The predicted molar refractivity (Wildman–Crippen MR) is 143 cm³/mol. The second-order valence-electron chi connectivity index (χ2n) is 8.95. The number of nitriles is 1. The highest BCUT2D eigenvalue weighted by Crippen LogP contribution is 2.40. The molecule has 8 nitrogen and oxygen atoms in total. The number of aromatic nitrogens is 2. The first-order chi connectivity index (χ1) is 18.4. The van der Waals surface area contributed by atoms with Crippen molar-refractivity contribution in [3.05, 3.63) is 107 Å². The fourth-order valence-electron chi connectivity index (χ4n) is 4.61. The van der Waals surface area contributed by atoms with E-state index in [1.54, 1.807) is 56.7 Å². The summed E-state index contributed by atoms with van der Waals surface area (Å²) in [7, 11) is 1.30. The molecule has 4 rings (SSSR count). The van der Waals surface area contributed by atoms with Crippen LogP contribution in [-0.4, -0.2) is 40.9 Å². The summed E-state index contributed by atoms with van der Waals surface area (Å²) >= 11 is 0. The Hall–Kier alpha value is -4.77. The normalized spacial score (nSPS) is 17.2. The minimum atomic E-state index is -0.809. The summed E-state index contributed by atoms with van der Waals surface area (Å²) in [6, 6.07) is 17.0. The highest BCUT2D eigenvalue weighted by atomic mass is 16.5. The van der Waals surface area contributed by atoms with Crippen molar-refractivity contribution in [1.29, 1.82) is 5.26 Å². The number of aliphatic imine (C=N–C) groups is 1. The molecule has 0 amide bonds. The largest absolute Gasteiger partial charge is 0.468 e. The average molecular weight is 509 g/mol. The van der Waals surface area contributed by atoms with Crippen LogP contribution in [0.15, 0.2) is 89.6 Å². The van der Waals surface area contributed by atoms with Crippen molar-refractivity contribution in [2.45, 2.75) is 26.3 Å². The van der Waals surface area contributed by atoms with Crippen molar-refractivity contribution in [3.63, 3.8) is 0 Å². The molecule has 2 heterocycles. The fraction of sp³-hybridized carbons (Fsp3) is 0.233. The number of hydrogen-bond donors (Lipinski definition) is 0. The zero-order valence-corrected chi connectivity index (χ0v) is 21.5. The molecule has 192 valence electrons. The summed E-state index contributed by atoms with van der Waals surface area (Å²) < 4.78 is 12.6. The van der Waals surface area contributed by atoms with E-state index < -0.39 is 23.8 Å². The van der Waals surface area contributed by atoms with Crippen LogP contribution in [0, 0.1) is 17.2 Å². The lowest BCUT2D eigenvalue weighted by Gasteiger charge is -2.31. The van der Waals surface area contributed by atoms with Gasteiger partial charge >= 0.3 is 11.9 Å². The number of carbonyl (C=O) groups is 2. The second kappa shape index (κ2) is 12.0. The molecular formula is C30H28N4O4. The number of methoxy groups -OCH3 is 1. The van der Waals surface area contributed by atoms with Gasteiger partial charge in [-0.1, -0.05) is 42.5 Å². The number of rotatable bonds is 8. The van der Waals surface area contributed by atoms with Gasteiger partial charge in [-0.25, -0.2) is 9.78 Å². The highest BCUT2D eigenvalue weighted by molar-refractivity contribution is 6.07. The van der Waals surface area contributed by atoms with Crippen LogP contribution in [0.5, 0.6) is 0 Å². The number of imidazole rings is 1. The number of esters is 2. The van der Waals surface area contributed by atoms with E-state index >= 15 is 0 Å². The Morgan fingerprint density at radius 1 is 1.16 bits per heavy atom. The molecule has 2 atom stereocenters. The molecule has 8 heteroatoms. The Labute approximate surface area is 221 Å². The molecule has 3 aromatic rings. The van der Waals surface area contributed by atoms with Crippen molar-refractivity contribution in [2.75, 3.05) is 13.7 Å². The first-order valence-electron chi connectivity index (χ1n) is 12.1. The SMILES string of the molecule is COC(=O)C1C(C)=NC(C)=C(C(=O)OCC=Cc2ccc(Cn3ccnc3)cc2)C1c1cccc(C#N)c1. The molecule has 0 saturated carbocycles. The number of ether oxygens (including phenoxy) is 2. The highest BCUT2D eigenvalue weighted by Gasteiger charge is 2.42. The molecule has 0 spiro atoms. The van der Waals surface area contributed by atoms with Crippen LogP contribution >= 0.6 is 0 Å². The van der Waals surface area contributed by atoms with E-state index in [9.17, 15) is 14.9 Å². The van der Waals surface area contributed by atoms with Gasteiger partial charge in [0.25, 0.3) is 0 Å². The lowest BCUT2D eigenvalue weighted by Crippen LogP contribution is -2.36. The summed E-state index contributed by atoms with van der Waals surface area (Å²) in [5.41, 5.74) is 4.47. The van der Waals surface area contributed by atoms with Gasteiger partial charge in [0, 0.05) is 36.3 Å². The number of hydrogen-bond acceptors (Lipinski definition) is 7. The van der Waals surface area contributed by atoms with Gasteiger partial charge in [-0.2, -0.15) is 5.26 Å². The van der Waals surface area contributed by atoms with Crippen LogP contribution in [-0.2, 0) is 25.6 Å². The molecule has 0 bridgehead atoms. The van der Waals surface area contributed by atoms with Gasteiger partial charge in [0.2, 0.25) is 0 Å². The van der Waals surface area contributed by atoms with Gasteiger partial charge in [-0.15, -0.1) is 0 Å². The maximum Gasteiger partial charge on any atom is 0.336 e. The van der Waals surface area contributed by atoms with Crippen molar-refractivity contribution in [2.24, 2.45) is 10.9 Å². The minimum absolute atomic E-state index is 0.0446. The van der Waals surface area contributed by atoms with E-state index in [2.05, 4.69) is 16.0 Å². The van der Waals surface area contributed by atoms with Crippen molar-refractivity contribution in [1.82, 2.24) is 9.55 Å². The van der Waals surface area contributed by atoms with Crippen LogP contribution in [0.2, 0.25) is 0 Å². The van der Waals surface area contributed by atoms with Gasteiger partial charge in [-0.05, 0) is 48.7 Å². The van der Waals surface area contributed by atoms with E-state index in [4.69, 9.17) is 9.47 Å². The molecule has 2 aromatic carbocycles. The van der Waals surface area contributed by atoms with E-state index in [1.165, 1.54) is 7.11 Å². The molecule has 1 aromatic heterocycles. The zero-order valence-electron chi connectivity index (χ0n) is 21.5. The van der Waals surface area contributed by atoms with Crippen molar-refractivity contribution >= 4 is 23.7 Å². The first kappa shape index (κ1) is 26.3. The quantitative estimate of drug-likeness (QED) is 0.409. The van der Waals surface area contributed by atoms with Crippen LogP contribution < -0.4 is 0 Å². The van der Waals surface area contributed by atoms with Gasteiger partial charge in [-0.3, -0.25) is 9.79 Å². The third-order valence-corrected chi connectivity index (χ3v) is 6.40. The molecular weight excluding hydrogens is 480 g/mol. The van der Waals surface area contributed by atoms with E-state index in [-0.39, 0.29) is 12.2 Å². The maximum atomic E-state index is 13.3. The predicted octanol–water partition coefficient (Wildman–Crippen LogP) is 4.68. The standard InChI is InChI=1S/C30H28N4O4/c1-20-26(29(35)37-3)28(25-8-4-6-24(16-25)17-31)27(21(2)33-20)30(36)38-15-5-7-22-9-11-23(12-10-22)18-34-14-13-32-19-34/h4-14,16,19,26,28H,15,18H2,1-3H3. The Kier molecular flexibility index (Phi) is 8.29. The number of carbonyl (C=O) groups excluding carboxylic acids is 2. The van der Waals surface area contributed by atoms with Crippen molar-refractivity contribution < 1.29 is 19.1 Å². The fourth-order valence-corrected chi connectivity index (χ4v) is 4.61. The number of allylic oxidation sites excluding steroid dienone is 1. The minimum Gasteiger partial charge on any atom is -0.468 e. The maximum absolute atomic E-state index is 13.3. The van der Waals surface area contributed by atoms with Gasteiger partial charge < -0.3 is 14.0 Å². The van der Waals surface area contributed by atoms with Gasteiger partial charge in [0.1, 0.15) is 12.5 Å². The summed E-state index contributed by atoms with van der Waals surface area (Å²) in [4.78, 5) is 34.6. The second-order valence-corrected chi connectivity index (χ2v) is 8.95. The molecule has 2 unspecified atom stereocenters. The third kappa shape index (κ3) is 5.95. The molecule has 0 N–H and O–H groups in total. The van der Waals surface area contributed by atoms with Crippen LogP contribution in [0.4, 0.5) is 0 Å². The van der Waals surface area contributed by atoms with Crippen LogP contribution in [0.3, 0.4) is 0 Å². The first-order valence-corrected chi connectivity index (χ1v) is 12.1. The summed E-state index contributed by atoms with van der Waals surface area (Å²) in [5.74, 6) is -2.57. The van der Waals surface area contributed by atoms with Gasteiger partial charge in [0.05, 0.1) is 30.6 Å². The molecule has 0 radical (unpaired) electrons. The molecule has 38 heavy (non-hydrogen) atoms. The summed E-state index contributed by atoms with van der Waals surface area (Å²) in [6.07, 6.45) is 9.08. The Bertz CT molecular complexity index is 1440. The van der Waals surface area contributed by atoms with Crippen molar-refractivity contribution in [3.8, 4) is 6.07 Å². The third-order valence-electron chi connectivity index (χ3n) is 6.40. The number of nitrogens with zero attached hydrogens (tertiary/aromatic N) is 4. The van der Waals surface area contributed by atoms with E-state index in [0.717, 1.165) is 17.7 Å². The molecule has 0 saturated heterocycles. The van der Waals surface area contributed by atoms with Crippen LogP contribution in [0.25, 0.3) is 6.08 Å². The Morgan fingerprint density at radius 2 is 1.95 bits per heavy atom. The number of benzene rings is 2. The zero-order chi connectivity index (χ0) is 27.1. The lowest BCUT2D eigenvalue weighted by atomic mass is 9.75.